The molecule has 2 N–H and O–H groups in total. The third-order valence-corrected chi connectivity index (χ3v) is 3.12. The average Bonchev–Trinajstić information content (AvgIpc) is 2.48. The Hall–Kier alpha value is -2.69. The van der Waals surface area contributed by atoms with E-state index in [4.69, 9.17) is 10.5 Å². The van der Waals surface area contributed by atoms with E-state index in [0.717, 1.165) is 0 Å². The van der Waals surface area contributed by atoms with Crippen LogP contribution in [0.25, 0.3) is 0 Å². The second-order valence-corrected chi connectivity index (χ2v) is 6.20. The molecule has 23 heavy (non-hydrogen) atoms. The first-order valence-electron chi connectivity index (χ1n) is 7.33. The molecule has 5 nitrogen and oxygen atoms in total. The number of nitrogens with zero attached hydrogens (tertiary/aromatic N) is 1. The first-order chi connectivity index (χ1) is 10.8. The van der Waals surface area contributed by atoms with E-state index in [1.54, 1.807) is 51.1 Å². The number of nitrogens with two attached hydrogens (primary N) is 1. The van der Waals surface area contributed by atoms with Gasteiger partial charge in [0.25, 0.3) is 0 Å². The minimum absolute atomic E-state index is 0.0401. The van der Waals surface area contributed by atoms with Crippen molar-refractivity contribution in [2.45, 2.75) is 32.8 Å². The van der Waals surface area contributed by atoms with E-state index >= 15 is 0 Å². The maximum absolute atomic E-state index is 12.3. The first kappa shape index (κ1) is 16.7. The molecule has 0 amide bonds. The second kappa shape index (κ2) is 6.60. The Balaban J connectivity index is 2.23. The number of esters is 1. The number of hydrogen-bond donors (Lipinski definition) is 1. The maximum Gasteiger partial charge on any atom is 0.359 e. The van der Waals surface area contributed by atoms with E-state index in [9.17, 15) is 9.59 Å². The third kappa shape index (κ3) is 4.39. The van der Waals surface area contributed by atoms with E-state index in [0.29, 0.717) is 11.1 Å². The van der Waals surface area contributed by atoms with Gasteiger partial charge >= 0.3 is 5.97 Å². The molecule has 2 rings (SSSR count). The predicted octanol–water partition coefficient (Wildman–Crippen LogP) is 3.04. The van der Waals surface area contributed by atoms with Crippen molar-refractivity contribution in [1.29, 1.82) is 0 Å². The van der Waals surface area contributed by atoms with Crippen molar-refractivity contribution in [3.63, 3.8) is 0 Å². The quantitative estimate of drug-likeness (QED) is 0.693. The molecule has 0 spiro atoms. The van der Waals surface area contributed by atoms with Crippen LogP contribution in [-0.4, -0.2) is 22.3 Å². The summed E-state index contributed by atoms with van der Waals surface area (Å²) in [7, 11) is 0. The highest BCUT2D eigenvalue weighted by Gasteiger charge is 2.22. The lowest BCUT2D eigenvalue weighted by atomic mass is 10.0. The molecule has 0 saturated heterocycles. The number of pyridine rings is 1. The van der Waals surface area contributed by atoms with Crippen LogP contribution < -0.4 is 5.73 Å². The topological polar surface area (TPSA) is 82.3 Å². The van der Waals surface area contributed by atoms with Gasteiger partial charge in [0.1, 0.15) is 5.60 Å². The van der Waals surface area contributed by atoms with Gasteiger partial charge in [0.15, 0.2) is 11.5 Å². The Kier molecular flexibility index (Phi) is 4.79. The van der Waals surface area contributed by atoms with Gasteiger partial charge in [-0.15, -0.1) is 0 Å². The summed E-state index contributed by atoms with van der Waals surface area (Å²) >= 11 is 0. The highest BCUT2D eigenvalue weighted by molar-refractivity contribution is 5.99. The standard InChI is InChI=1S/C18H20N2O3/c1-18(2,3)23-17(22)16-15(19)13(9-10-20-16)11-14(21)12-7-5-4-6-8-12/h4-10H,11,19H2,1-3H3. The van der Waals surface area contributed by atoms with Crippen LogP contribution in [0.5, 0.6) is 0 Å². The van der Waals surface area contributed by atoms with Gasteiger partial charge in [-0.3, -0.25) is 4.79 Å². The molecule has 2 aromatic rings. The number of carbonyl (C=O) groups excluding carboxylic acids is 2. The van der Waals surface area contributed by atoms with Crippen molar-refractivity contribution >= 4 is 17.4 Å². The van der Waals surface area contributed by atoms with Crippen LogP contribution in [0.3, 0.4) is 0 Å². The second-order valence-electron chi connectivity index (χ2n) is 6.20. The smallest absolute Gasteiger partial charge is 0.359 e. The van der Waals surface area contributed by atoms with Crippen molar-refractivity contribution in [2.75, 3.05) is 5.73 Å². The summed E-state index contributed by atoms with van der Waals surface area (Å²) in [4.78, 5) is 28.4. The lowest BCUT2D eigenvalue weighted by Gasteiger charge is -2.20. The Morgan fingerprint density at radius 1 is 1.13 bits per heavy atom. The average molecular weight is 312 g/mol. The van der Waals surface area contributed by atoms with E-state index in [-0.39, 0.29) is 23.6 Å². The molecule has 0 atom stereocenters. The predicted molar refractivity (Wildman–Crippen MR) is 88.3 cm³/mol. The molecule has 0 radical (unpaired) electrons. The maximum atomic E-state index is 12.3. The SMILES string of the molecule is CC(C)(C)OC(=O)c1nccc(CC(=O)c2ccccc2)c1N. The summed E-state index contributed by atoms with van der Waals surface area (Å²) < 4.78 is 5.28. The highest BCUT2D eigenvalue weighted by Crippen LogP contribution is 2.20. The number of nitrogen functional groups attached to an aromatic ring is 1. The highest BCUT2D eigenvalue weighted by atomic mass is 16.6. The Morgan fingerprint density at radius 3 is 2.39 bits per heavy atom. The Labute approximate surface area is 135 Å². The number of benzene rings is 1. The van der Waals surface area contributed by atoms with Crippen molar-refractivity contribution in [1.82, 2.24) is 4.98 Å². The number of carbonyl (C=O) groups is 2. The van der Waals surface area contributed by atoms with Crippen LogP contribution >= 0.6 is 0 Å². The van der Waals surface area contributed by atoms with Crippen LogP contribution in [0.15, 0.2) is 42.6 Å². The van der Waals surface area contributed by atoms with Gasteiger partial charge in [0, 0.05) is 18.2 Å². The van der Waals surface area contributed by atoms with Crippen LogP contribution in [-0.2, 0) is 11.2 Å². The zero-order valence-electron chi connectivity index (χ0n) is 13.5. The van der Waals surface area contributed by atoms with Gasteiger partial charge in [-0.05, 0) is 32.4 Å². The number of ketones is 1. The molecular weight excluding hydrogens is 292 g/mol. The molecule has 1 heterocycles. The number of ether oxygens (including phenoxy) is 1. The van der Waals surface area contributed by atoms with Crippen molar-refractivity contribution in [3.8, 4) is 0 Å². The normalized spacial score (nSPS) is 11.1. The summed E-state index contributed by atoms with van der Waals surface area (Å²) in [6.45, 7) is 5.30. The van der Waals surface area contributed by atoms with Gasteiger partial charge < -0.3 is 10.5 Å². The lowest BCUT2D eigenvalue weighted by molar-refractivity contribution is 0.00639. The van der Waals surface area contributed by atoms with Crippen LogP contribution in [0.4, 0.5) is 5.69 Å². The summed E-state index contributed by atoms with van der Waals surface area (Å²) in [5, 5.41) is 0. The molecule has 0 aliphatic heterocycles. The van der Waals surface area contributed by atoms with Gasteiger partial charge in [-0.1, -0.05) is 30.3 Å². The van der Waals surface area contributed by atoms with Gasteiger partial charge in [0.05, 0.1) is 5.69 Å². The molecule has 0 aliphatic carbocycles. The number of hydrogen-bond acceptors (Lipinski definition) is 5. The molecule has 1 aromatic heterocycles. The largest absolute Gasteiger partial charge is 0.455 e. The lowest BCUT2D eigenvalue weighted by Crippen LogP contribution is -2.25. The van der Waals surface area contributed by atoms with Crippen LogP contribution in [0, 0.1) is 0 Å². The molecule has 0 unspecified atom stereocenters. The zero-order valence-corrected chi connectivity index (χ0v) is 13.5. The molecule has 1 aromatic carbocycles. The fourth-order valence-corrected chi connectivity index (χ4v) is 2.06. The number of aromatic nitrogens is 1. The Morgan fingerprint density at radius 2 is 1.78 bits per heavy atom. The summed E-state index contributed by atoms with van der Waals surface area (Å²) in [6, 6.07) is 10.6. The molecule has 0 saturated carbocycles. The fraction of sp³-hybridized carbons (Fsp3) is 0.278. The number of rotatable bonds is 4. The van der Waals surface area contributed by atoms with Crippen LogP contribution in [0.2, 0.25) is 0 Å². The molecule has 120 valence electrons. The molecular formula is C18H20N2O3. The summed E-state index contributed by atoms with van der Waals surface area (Å²) in [6.07, 6.45) is 1.57. The summed E-state index contributed by atoms with van der Waals surface area (Å²) in [5.74, 6) is -0.664. The van der Waals surface area contributed by atoms with Crippen molar-refractivity contribution < 1.29 is 14.3 Å². The molecule has 0 fully saturated rings. The van der Waals surface area contributed by atoms with Gasteiger partial charge in [0.2, 0.25) is 0 Å². The first-order valence-corrected chi connectivity index (χ1v) is 7.33. The van der Waals surface area contributed by atoms with Gasteiger partial charge in [-0.25, -0.2) is 9.78 Å². The van der Waals surface area contributed by atoms with Crippen molar-refractivity contribution in [2.24, 2.45) is 0 Å². The minimum atomic E-state index is -0.638. The van der Waals surface area contributed by atoms with Gasteiger partial charge in [-0.2, -0.15) is 0 Å². The number of Topliss-reactive ketones (excluding diaryl/α,β-unsaturated/α-hetero) is 1. The fourth-order valence-electron chi connectivity index (χ4n) is 2.06. The third-order valence-electron chi connectivity index (χ3n) is 3.12. The summed E-state index contributed by atoms with van der Waals surface area (Å²) in [5.41, 5.74) is 6.77. The Bertz CT molecular complexity index is 719. The van der Waals surface area contributed by atoms with Crippen molar-refractivity contribution in [3.05, 3.63) is 59.4 Å². The van der Waals surface area contributed by atoms with E-state index in [1.807, 2.05) is 6.07 Å². The molecule has 0 aliphatic rings. The van der Waals surface area contributed by atoms with E-state index < -0.39 is 11.6 Å². The molecule has 5 heteroatoms. The monoisotopic (exact) mass is 312 g/mol. The minimum Gasteiger partial charge on any atom is -0.455 e. The van der Waals surface area contributed by atoms with E-state index in [1.165, 1.54) is 6.20 Å². The van der Waals surface area contributed by atoms with E-state index in [2.05, 4.69) is 4.98 Å². The molecule has 0 bridgehead atoms. The zero-order chi connectivity index (χ0) is 17.0. The van der Waals surface area contributed by atoms with Crippen LogP contribution in [0.1, 0.15) is 47.2 Å². The number of anilines is 1.